The highest BCUT2D eigenvalue weighted by molar-refractivity contribution is 5.02. The Morgan fingerprint density at radius 2 is 2.31 bits per heavy atom. The number of hydrogen-bond acceptors (Lipinski definition) is 3. The zero-order valence-corrected chi connectivity index (χ0v) is 10.5. The molecule has 0 bridgehead atoms. The Morgan fingerprint density at radius 1 is 1.50 bits per heavy atom. The molecule has 92 valence electrons. The molecule has 0 aromatic carbocycles. The molecule has 1 heterocycles. The van der Waals surface area contributed by atoms with Crippen LogP contribution in [-0.2, 0) is 9.47 Å². The van der Waals surface area contributed by atoms with Crippen molar-refractivity contribution in [3.8, 4) is 0 Å². The maximum Gasteiger partial charge on any atom is 0.110 e. The van der Waals surface area contributed by atoms with Gasteiger partial charge in [-0.25, -0.2) is 0 Å². The Labute approximate surface area is 98.2 Å². The molecule has 3 unspecified atom stereocenters. The highest BCUT2D eigenvalue weighted by atomic mass is 16.5. The molecule has 2 aliphatic rings. The Hall–Kier alpha value is -0.540. The third-order valence-electron chi connectivity index (χ3n) is 4.08. The van der Waals surface area contributed by atoms with Crippen LogP contribution in [0.3, 0.4) is 0 Å². The fourth-order valence-electron chi connectivity index (χ4n) is 2.64. The summed E-state index contributed by atoms with van der Waals surface area (Å²) in [5.74, 6) is 0. The molecule has 3 atom stereocenters. The van der Waals surface area contributed by atoms with Crippen molar-refractivity contribution in [2.75, 3.05) is 13.7 Å². The van der Waals surface area contributed by atoms with Crippen LogP contribution in [-0.4, -0.2) is 31.9 Å². The summed E-state index contributed by atoms with van der Waals surface area (Å²) in [5, 5.41) is 3.60. The number of rotatable bonds is 4. The summed E-state index contributed by atoms with van der Waals surface area (Å²) < 4.78 is 11.0. The first kappa shape index (κ1) is 11.9. The van der Waals surface area contributed by atoms with E-state index in [9.17, 15) is 0 Å². The largest absolute Gasteiger partial charge is 0.497 e. The van der Waals surface area contributed by atoms with Gasteiger partial charge in [-0.2, -0.15) is 0 Å². The van der Waals surface area contributed by atoms with E-state index in [0.717, 1.165) is 25.8 Å². The van der Waals surface area contributed by atoms with Gasteiger partial charge in [-0.05, 0) is 25.3 Å². The lowest BCUT2D eigenvalue weighted by molar-refractivity contribution is -0.0995. The van der Waals surface area contributed by atoms with Crippen LogP contribution in [0.4, 0.5) is 0 Å². The lowest BCUT2D eigenvalue weighted by Gasteiger charge is -2.51. The van der Waals surface area contributed by atoms with Crippen LogP contribution in [0, 0.1) is 5.41 Å². The summed E-state index contributed by atoms with van der Waals surface area (Å²) in [7, 11) is 1.80. The number of ether oxygens (including phenoxy) is 2. The third-order valence-corrected chi connectivity index (χ3v) is 4.08. The number of nitrogens with one attached hydrogen (secondary N) is 1. The lowest BCUT2D eigenvalue weighted by atomic mass is 9.64. The predicted molar refractivity (Wildman–Crippen MR) is 64.2 cm³/mol. The molecule has 1 aliphatic carbocycles. The summed E-state index contributed by atoms with van der Waals surface area (Å²) in [4.78, 5) is 0. The second-order valence-electron chi connectivity index (χ2n) is 5.45. The van der Waals surface area contributed by atoms with E-state index in [2.05, 4.69) is 25.2 Å². The van der Waals surface area contributed by atoms with Crippen LogP contribution < -0.4 is 5.32 Å². The van der Waals surface area contributed by atoms with Crippen molar-refractivity contribution in [1.29, 1.82) is 0 Å². The molecular formula is C13H23NO2. The molecule has 1 saturated carbocycles. The molecular weight excluding hydrogens is 202 g/mol. The molecule has 16 heavy (non-hydrogen) atoms. The quantitative estimate of drug-likeness (QED) is 0.794. The van der Waals surface area contributed by atoms with Gasteiger partial charge in [0.05, 0.1) is 12.4 Å². The summed E-state index contributed by atoms with van der Waals surface area (Å²) >= 11 is 0. The fourth-order valence-corrected chi connectivity index (χ4v) is 2.64. The second-order valence-corrected chi connectivity index (χ2v) is 5.45. The molecule has 0 saturated heterocycles. The van der Waals surface area contributed by atoms with Gasteiger partial charge in [-0.3, -0.25) is 0 Å². The molecule has 0 aromatic heterocycles. The summed E-state index contributed by atoms with van der Waals surface area (Å²) in [6.45, 7) is 5.49. The Bertz CT molecular complexity index is 263. The molecule has 1 aliphatic heterocycles. The van der Waals surface area contributed by atoms with E-state index < -0.39 is 0 Å². The minimum absolute atomic E-state index is 0.249. The zero-order chi connectivity index (χ0) is 11.6. The van der Waals surface area contributed by atoms with E-state index in [1.807, 2.05) is 6.26 Å². The van der Waals surface area contributed by atoms with Gasteiger partial charge in [-0.15, -0.1) is 0 Å². The van der Waals surface area contributed by atoms with Crippen LogP contribution in [0.1, 0.15) is 33.1 Å². The fraction of sp³-hybridized carbons (Fsp3) is 0.846. The van der Waals surface area contributed by atoms with E-state index in [-0.39, 0.29) is 5.41 Å². The van der Waals surface area contributed by atoms with Crippen LogP contribution in [0.2, 0.25) is 0 Å². The smallest absolute Gasteiger partial charge is 0.110 e. The van der Waals surface area contributed by atoms with Gasteiger partial charge in [0.1, 0.15) is 6.10 Å². The van der Waals surface area contributed by atoms with Crippen LogP contribution in [0.15, 0.2) is 12.3 Å². The number of hydrogen-bond donors (Lipinski definition) is 1. The van der Waals surface area contributed by atoms with Gasteiger partial charge >= 0.3 is 0 Å². The van der Waals surface area contributed by atoms with Crippen LogP contribution >= 0.6 is 0 Å². The van der Waals surface area contributed by atoms with Crippen molar-refractivity contribution in [3.63, 3.8) is 0 Å². The highest BCUT2D eigenvalue weighted by Crippen LogP contribution is 2.42. The normalized spacial score (nSPS) is 36.6. The molecule has 0 aromatic rings. The van der Waals surface area contributed by atoms with E-state index in [4.69, 9.17) is 9.47 Å². The maximum atomic E-state index is 5.54. The lowest BCUT2D eigenvalue weighted by Crippen LogP contribution is -2.61. The highest BCUT2D eigenvalue weighted by Gasteiger charge is 2.48. The summed E-state index contributed by atoms with van der Waals surface area (Å²) in [5.41, 5.74) is 0.249. The summed E-state index contributed by atoms with van der Waals surface area (Å²) in [6.07, 6.45) is 8.06. The first-order chi connectivity index (χ1) is 7.64. The van der Waals surface area contributed by atoms with E-state index in [1.165, 1.54) is 0 Å². The van der Waals surface area contributed by atoms with E-state index >= 15 is 0 Å². The van der Waals surface area contributed by atoms with Crippen molar-refractivity contribution in [1.82, 2.24) is 5.32 Å². The molecule has 0 spiro atoms. The molecule has 1 N–H and O–H groups in total. The van der Waals surface area contributed by atoms with E-state index in [0.29, 0.717) is 18.2 Å². The molecule has 3 nitrogen and oxygen atoms in total. The first-order valence-corrected chi connectivity index (χ1v) is 6.21. The van der Waals surface area contributed by atoms with Gasteiger partial charge in [0.2, 0.25) is 0 Å². The van der Waals surface area contributed by atoms with Crippen molar-refractivity contribution in [2.24, 2.45) is 5.41 Å². The Kier molecular flexibility index (Phi) is 3.55. The Balaban J connectivity index is 1.73. The minimum atomic E-state index is 0.249. The zero-order valence-electron chi connectivity index (χ0n) is 10.5. The van der Waals surface area contributed by atoms with Gasteiger partial charge < -0.3 is 14.8 Å². The van der Waals surface area contributed by atoms with Gasteiger partial charge in [0.25, 0.3) is 0 Å². The maximum absolute atomic E-state index is 5.54. The number of methoxy groups -OCH3 is 1. The minimum Gasteiger partial charge on any atom is -0.497 e. The molecule has 3 heteroatoms. The van der Waals surface area contributed by atoms with Crippen molar-refractivity contribution >= 4 is 0 Å². The first-order valence-electron chi connectivity index (χ1n) is 6.21. The Morgan fingerprint density at radius 3 is 2.88 bits per heavy atom. The summed E-state index contributed by atoms with van der Waals surface area (Å²) in [6, 6.07) is 0.562. The van der Waals surface area contributed by atoms with Gasteiger partial charge in [0, 0.05) is 25.1 Å². The van der Waals surface area contributed by atoms with Crippen molar-refractivity contribution < 1.29 is 9.47 Å². The topological polar surface area (TPSA) is 30.5 Å². The SMILES string of the molecule is COC1CC(NCC2CCC=CO2)C1(C)C. The molecule has 0 amide bonds. The predicted octanol–water partition coefficient (Wildman–Crippen LogP) is 2.08. The second kappa shape index (κ2) is 4.76. The van der Waals surface area contributed by atoms with Crippen molar-refractivity contribution in [3.05, 3.63) is 12.3 Å². The van der Waals surface area contributed by atoms with Gasteiger partial charge in [-0.1, -0.05) is 13.8 Å². The molecule has 0 radical (unpaired) electrons. The monoisotopic (exact) mass is 225 g/mol. The molecule has 1 fully saturated rings. The third kappa shape index (κ3) is 2.25. The van der Waals surface area contributed by atoms with Crippen molar-refractivity contribution in [2.45, 2.75) is 51.4 Å². The number of allylic oxidation sites excluding steroid dienone is 1. The van der Waals surface area contributed by atoms with E-state index in [1.54, 1.807) is 7.11 Å². The standard InChI is InChI=1S/C13H23NO2/c1-13(2)11(8-12(13)15-3)14-9-10-6-4-5-7-16-10/h5,7,10-12,14H,4,6,8-9H2,1-3H3. The molecule has 2 rings (SSSR count). The van der Waals surface area contributed by atoms with Crippen LogP contribution in [0.25, 0.3) is 0 Å². The average Bonchev–Trinajstić information content (AvgIpc) is 2.29. The van der Waals surface area contributed by atoms with Gasteiger partial charge in [0.15, 0.2) is 0 Å². The van der Waals surface area contributed by atoms with Crippen LogP contribution in [0.5, 0.6) is 0 Å². The average molecular weight is 225 g/mol.